The fraction of sp³-hybridized carbons (Fsp3) is 0.455. The molecule has 0 unspecified atom stereocenters. The molecule has 0 aliphatic heterocycles. The number of amides is 1. The highest BCUT2D eigenvalue weighted by atomic mass is 32.2. The summed E-state index contributed by atoms with van der Waals surface area (Å²) < 4.78 is 4.07. The number of aryl methyl sites for hydroxylation is 1. The Labute approximate surface area is 181 Å². The summed E-state index contributed by atoms with van der Waals surface area (Å²) in [5.74, 6) is 1.86. The molecule has 0 radical (unpaired) electrons. The number of anilines is 1. The van der Waals surface area contributed by atoms with Crippen LogP contribution in [0.1, 0.15) is 50.6 Å². The van der Waals surface area contributed by atoms with Gasteiger partial charge in [0, 0.05) is 18.2 Å². The fourth-order valence-corrected chi connectivity index (χ4v) is 4.74. The van der Waals surface area contributed by atoms with E-state index < -0.39 is 0 Å². The summed E-state index contributed by atoms with van der Waals surface area (Å²) in [6.45, 7) is 5.01. The first kappa shape index (κ1) is 20.7. The highest BCUT2D eigenvalue weighted by Crippen LogP contribution is 2.31. The van der Waals surface area contributed by atoms with Crippen molar-refractivity contribution in [2.75, 3.05) is 11.1 Å². The minimum Gasteiger partial charge on any atom is -0.310 e. The predicted octanol–water partition coefficient (Wildman–Crippen LogP) is 4.71. The summed E-state index contributed by atoms with van der Waals surface area (Å²) in [5.41, 5.74) is 2.23. The van der Waals surface area contributed by atoms with Crippen molar-refractivity contribution in [2.45, 2.75) is 63.7 Å². The number of rotatable bonds is 8. The molecule has 0 bridgehead atoms. The Morgan fingerprint density at radius 3 is 2.83 bits per heavy atom. The molecule has 8 heteroatoms. The van der Waals surface area contributed by atoms with Gasteiger partial charge in [-0.05, 0) is 32.3 Å². The van der Waals surface area contributed by atoms with Crippen molar-refractivity contribution in [1.82, 2.24) is 24.5 Å². The lowest BCUT2D eigenvalue weighted by atomic mass is 10.1. The first-order valence-corrected chi connectivity index (χ1v) is 11.6. The Morgan fingerprint density at radius 1 is 1.23 bits per heavy atom. The van der Waals surface area contributed by atoms with Gasteiger partial charge in [0.15, 0.2) is 11.0 Å². The van der Waals surface area contributed by atoms with Crippen molar-refractivity contribution in [3.05, 3.63) is 42.1 Å². The second-order valence-corrected chi connectivity index (χ2v) is 8.71. The molecular formula is C22H28N6OS. The number of nitrogens with one attached hydrogen (secondary N) is 1. The summed E-state index contributed by atoms with van der Waals surface area (Å²) >= 11 is 1.42. The molecule has 158 valence electrons. The smallest absolute Gasteiger partial charge is 0.235 e. The van der Waals surface area contributed by atoms with Crippen LogP contribution in [0.4, 0.5) is 5.82 Å². The van der Waals surface area contributed by atoms with Gasteiger partial charge < -0.3 is 9.88 Å². The van der Waals surface area contributed by atoms with Crippen molar-refractivity contribution in [1.29, 1.82) is 0 Å². The van der Waals surface area contributed by atoms with Gasteiger partial charge in [0.1, 0.15) is 5.82 Å². The van der Waals surface area contributed by atoms with Gasteiger partial charge in [-0.1, -0.05) is 55.3 Å². The van der Waals surface area contributed by atoms with Crippen LogP contribution in [0.5, 0.6) is 0 Å². The summed E-state index contributed by atoms with van der Waals surface area (Å²) in [5, 5.41) is 17.0. The largest absolute Gasteiger partial charge is 0.310 e. The van der Waals surface area contributed by atoms with E-state index in [1.807, 2.05) is 16.8 Å². The molecule has 0 atom stereocenters. The first-order valence-electron chi connectivity index (χ1n) is 10.6. The Kier molecular flexibility index (Phi) is 6.52. The highest BCUT2D eigenvalue weighted by Gasteiger charge is 2.21. The van der Waals surface area contributed by atoms with Crippen molar-refractivity contribution in [3.63, 3.8) is 0 Å². The molecule has 1 saturated carbocycles. The molecule has 1 amide bonds. The number of hydrogen-bond acceptors (Lipinski definition) is 5. The molecular weight excluding hydrogens is 396 g/mol. The number of carbonyl (C=O) groups excluding carboxylic acids is 1. The Balaban J connectivity index is 1.44. The van der Waals surface area contributed by atoms with Gasteiger partial charge in [0.2, 0.25) is 5.91 Å². The molecule has 2 aromatic heterocycles. The topological polar surface area (TPSA) is 77.6 Å². The molecule has 3 aromatic rings. The van der Waals surface area contributed by atoms with Gasteiger partial charge in [0.25, 0.3) is 0 Å². The van der Waals surface area contributed by atoms with E-state index in [1.165, 1.54) is 30.2 Å². The maximum absolute atomic E-state index is 12.6. The molecule has 0 saturated heterocycles. The van der Waals surface area contributed by atoms with E-state index in [-0.39, 0.29) is 11.7 Å². The maximum Gasteiger partial charge on any atom is 0.235 e. The van der Waals surface area contributed by atoms with Gasteiger partial charge in [-0.15, -0.1) is 10.2 Å². The zero-order valence-corrected chi connectivity index (χ0v) is 18.4. The normalized spacial score (nSPS) is 14.3. The van der Waals surface area contributed by atoms with E-state index in [1.54, 1.807) is 6.20 Å². The lowest BCUT2D eigenvalue weighted by Gasteiger charge is -2.14. The second kappa shape index (κ2) is 9.47. The van der Waals surface area contributed by atoms with E-state index in [4.69, 9.17) is 0 Å². The predicted molar refractivity (Wildman–Crippen MR) is 120 cm³/mol. The minimum absolute atomic E-state index is 0.0529. The standard InChI is InChI=1S/C22H28N6OS/c1-3-13-27-21(17-8-6-7-16(2)14-17)25-26-22(27)30-15-20(29)24-19-11-12-23-28(19)18-9-4-5-10-18/h6-8,11-12,14,18H,3-5,9-10,13,15H2,1-2H3,(H,24,29). The minimum atomic E-state index is -0.0529. The quantitative estimate of drug-likeness (QED) is 0.530. The number of hydrogen-bond donors (Lipinski definition) is 1. The third kappa shape index (κ3) is 4.59. The zero-order chi connectivity index (χ0) is 20.9. The monoisotopic (exact) mass is 424 g/mol. The lowest BCUT2D eigenvalue weighted by Crippen LogP contribution is -2.19. The molecule has 1 fully saturated rings. The van der Waals surface area contributed by atoms with Crippen molar-refractivity contribution in [3.8, 4) is 11.4 Å². The molecule has 0 spiro atoms. The Bertz CT molecular complexity index is 1000. The van der Waals surface area contributed by atoms with E-state index in [9.17, 15) is 4.79 Å². The average Bonchev–Trinajstić information content (AvgIpc) is 3.48. The third-order valence-electron chi connectivity index (χ3n) is 5.38. The lowest BCUT2D eigenvalue weighted by molar-refractivity contribution is -0.113. The third-order valence-corrected chi connectivity index (χ3v) is 6.35. The van der Waals surface area contributed by atoms with E-state index in [2.05, 4.69) is 57.2 Å². The van der Waals surface area contributed by atoms with Crippen LogP contribution in [-0.2, 0) is 11.3 Å². The molecule has 1 aliphatic rings. The summed E-state index contributed by atoms with van der Waals surface area (Å²) in [4.78, 5) is 12.6. The first-order chi connectivity index (χ1) is 14.7. The molecule has 7 nitrogen and oxygen atoms in total. The van der Waals surface area contributed by atoms with E-state index >= 15 is 0 Å². The van der Waals surface area contributed by atoms with Crippen LogP contribution in [0, 0.1) is 6.92 Å². The SMILES string of the molecule is CCCn1c(SCC(=O)Nc2ccnn2C2CCCC2)nnc1-c1cccc(C)c1. The molecule has 1 aliphatic carbocycles. The highest BCUT2D eigenvalue weighted by molar-refractivity contribution is 7.99. The number of nitrogens with zero attached hydrogens (tertiary/aromatic N) is 5. The number of thioether (sulfide) groups is 1. The number of benzene rings is 1. The van der Waals surface area contributed by atoms with E-state index in [0.717, 1.165) is 48.2 Å². The van der Waals surface area contributed by atoms with Crippen LogP contribution in [0.25, 0.3) is 11.4 Å². The zero-order valence-electron chi connectivity index (χ0n) is 17.5. The molecule has 1 aromatic carbocycles. The number of aromatic nitrogens is 5. The molecule has 30 heavy (non-hydrogen) atoms. The van der Waals surface area contributed by atoms with Gasteiger partial charge >= 0.3 is 0 Å². The summed E-state index contributed by atoms with van der Waals surface area (Å²) in [6, 6.07) is 10.5. The van der Waals surface area contributed by atoms with Crippen LogP contribution >= 0.6 is 11.8 Å². The molecule has 1 N–H and O–H groups in total. The molecule has 4 rings (SSSR count). The Morgan fingerprint density at radius 2 is 2.07 bits per heavy atom. The van der Waals surface area contributed by atoms with Gasteiger partial charge in [-0.25, -0.2) is 4.68 Å². The van der Waals surface area contributed by atoms with Crippen molar-refractivity contribution in [2.24, 2.45) is 0 Å². The van der Waals surface area contributed by atoms with Crippen LogP contribution in [0.15, 0.2) is 41.7 Å². The van der Waals surface area contributed by atoms with Crippen molar-refractivity contribution < 1.29 is 4.79 Å². The second-order valence-electron chi connectivity index (χ2n) is 7.76. The maximum atomic E-state index is 12.6. The van der Waals surface area contributed by atoms with Crippen molar-refractivity contribution >= 4 is 23.5 Å². The van der Waals surface area contributed by atoms with Crippen LogP contribution < -0.4 is 5.32 Å². The van der Waals surface area contributed by atoms with Crippen LogP contribution in [-0.4, -0.2) is 36.2 Å². The van der Waals surface area contributed by atoms with Gasteiger partial charge in [-0.3, -0.25) is 4.79 Å². The Hall–Kier alpha value is -2.61. The van der Waals surface area contributed by atoms with Gasteiger partial charge in [-0.2, -0.15) is 5.10 Å². The fourth-order valence-electron chi connectivity index (χ4n) is 3.98. The van der Waals surface area contributed by atoms with Crippen LogP contribution in [0.2, 0.25) is 0 Å². The van der Waals surface area contributed by atoms with E-state index in [0.29, 0.717) is 6.04 Å². The number of carbonyl (C=O) groups is 1. The van der Waals surface area contributed by atoms with Gasteiger partial charge in [0.05, 0.1) is 18.0 Å². The average molecular weight is 425 g/mol. The summed E-state index contributed by atoms with van der Waals surface area (Å²) in [7, 11) is 0. The van der Waals surface area contributed by atoms with Crippen LogP contribution in [0.3, 0.4) is 0 Å². The summed E-state index contributed by atoms with van der Waals surface area (Å²) in [6.07, 6.45) is 7.43. The molecule has 2 heterocycles.